The van der Waals surface area contributed by atoms with Crippen molar-refractivity contribution in [3.05, 3.63) is 60.2 Å². The van der Waals surface area contributed by atoms with Crippen molar-refractivity contribution in [3.8, 4) is 11.5 Å². The van der Waals surface area contributed by atoms with Gasteiger partial charge in [-0.15, -0.1) is 0 Å². The molecule has 2 aromatic carbocycles. The summed E-state index contributed by atoms with van der Waals surface area (Å²) in [4.78, 5) is 11.9. The van der Waals surface area contributed by atoms with E-state index in [1.54, 1.807) is 19.1 Å². The Kier molecular flexibility index (Phi) is 6.63. The SMILES string of the molecule is CC(Oc1ccc(O)cc1)C(=O)OCCOC(C)c1ccccc1. The molecule has 0 aromatic heterocycles. The molecule has 24 heavy (non-hydrogen) atoms. The van der Waals surface area contributed by atoms with E-state index < -0.39 is 12.1 Å². The summed E-state index contributed by atoms with van der Waals surface area (Å²) in [6.07, 6.45) is -0.795. The fourth-order valence-electron chi connectivity index (χ4n) is 2.08. The molecule has 0 fully saturated rings. The normalized spacial score (nSPS) is 13.1. The first-order valence-electron chi connectivity index (χ1n) is 7.85. The highest BCUT2D eigenvalue weighted by Crippen LogP contribution is 2.18. The Bertz CT molecular complexity index is 624. The maximum absolute atomic E-state index is 11.9. The third-order valence-corrected chi connectivity index (χ3v) is 3.45. The van der Waals surface area contributed by atoms with Gasteiger partial charge in [0.05, 0.1) is 12.7 Å². The summed E-state index contributed by atoms with van der Waals surface area (Å²) in [5.74, 6) is 0.174. The number of aromatic hydroxyl groups is 1. The van der Waals surface area contributed by atoms with E-state index in [1.165, 1.54) is 12.1 Å². The van der Waals surface area contributed by atoms with Crippen LogP contribution in [0, 0.1) is 0 Å². The second kappa shape index (κ2) is 8.93. The maximum atomic E-state index is 11.9. The van der Waals surface area contributed by atoms with Crippen molar-refractivity contribution in [2.24, 2.45) is 0 Å². The van der Waals surface area contributed by atoms with Crippen LogP contribution in [0.15, 0.2) is 54.6 Å². The quantitative estimate of drug-likeness (QED) is 0.593. The Morgan fingerprint density at radius 3 is 2.33 bits per heavy atom. The van der Waals surface area contributed by atoms with Crippen molar-refractivity contribution in [2.75, 3.05) is 13.2 Å². The van der Waals surface area contributed by atoms with Gasteiger partial charge in [0.25, 0.3) is 0 Å². The van der Waals surface area contributed by atoms with Gasteiger partial charge in [-0.25, -0.2) is 4.79 Å². The molecule has 0 saturated heterocycles. The first kappa shape index (κ1) is 17.8. The van der Waals surface area contributed by atoms with Crippen molar-refractivity contribution < 1.29 is 24.1 Å². The lowest BCUT2D eigenvalue weighted by atomic mass is 10.1. The summed E-state index contributed by atoms with van der Waals surface area (Å²) >= 11 is 0. The second-order valence-electron chi connectivity index (χ2n) is 5.35. The highest BCUT2D eigenvalue weighted by molar-refractivity contribution is 5.74. The van der Waals surface area contributed by atoms with Crippen LogP contribution in [-0.4, -0.2) is 30.4 Å². The van der Waals surface area contributed by atoms with Gasteiger partial charge in [-0.2, -0.15) is 0 Å². The van der Waals surface area contributed by atoms with Crippen LogP contribution >= 0.6 is 0 Å². The molecule has 0 bridgehead atoms. The molecule has 0 aliphatic rings. The largest absolute Gasteiger partial charge is 0.508 e. The summed E-state index contributed by atoms with van der Waals surface area (Å²) in [6.45, 7) is 4.05. The van der Waals surface area contributed by atoms with Gasteiger partial charge in [0.1, 0.15) is 18.1 Å². The molecule has 0 aliphatic heterocycles. The van der Waals surface area contributed by atoms with E-state index in [0.29, 0.717) is 12.4 Å². The summed E-state index contributed by atoms with van der Waals surface area (Å²) in [5.41, 5.74) is 1.08. The Labute approximate surface area is 141 Å². The minimum atomic E-state index is -0.735. The number of phenolic OH excluding ortho intramolecular Hbond substituents is 1. The zero-order valence-electron chi connectivity index (χ0n) is 13.8. The van der Waals surface area contributed by atoms with E-state index in [4.69, 9.17) is 14.2 Å². The lowest BCUT2D eigenvalue weighted by molar-refractivity contribution is -0.153. The Morgan fingerprint density at radius 1 is 1.00 bits per heavy atom. The predicted molar refractivity (Wildman–Crippen MR) is 90.0 cm³/mol. The molecule has 1 N–H and O–H groups in total. The smallest absolute Gasteiger partial charge is 0.347 e. The number of hydrogen-bond acceptors (Lipinski definition) is 5. The molecule has 0 saturated carbocycles. The fourth-order valence-corrected chi connectivity index (χ4v) is 2.08. The highest BCUT2D eigenvalue weighted by Gasteiger charge is 2.16. The van der Waals surface area contributed by atoms with Crippen LogP contribution < -0.4 is 4.74 Å². The van der Waals surface area contributed by atoms with Crippen LogP contribution in [0.4, 0.5) is 0 Å². The van der Waals surface area contributed by atoms with Gasteiger partial charge >= 0.3 is 5.97 Å². The molecule has 0 amide bonds. The first-order valence-corrected chi connectivity index (χ1v) is 7.85. The van der Waals surface area contributed by atoms with Crippen LogP contribution in [0.25, 0.3) is 0 Å². The van der Waals surface area contributed by atoms with Crippen LogP contribution in [-0.2, 0) is 14.3 Å². The molecular formula is C19H22O5. The minimum Gasteiger partial charge on any atom is -0.508 e. The number of carbonyl (C=O) groups excluding carboxylic acids is 1. The van der Waals surface area contributed by atoms with Crippen LogP contribution in [0.3, 0.4) is 0 Å². The topological polar surface area (TPSA) is 65.0 Å². The van der Waals surface area contributed by atoms with Crippen LogP contribution in [0.1, 0.15) is 25.5 Å². The highest BCUT2D eigenvalue weighted by atomic mass is 16.6. The number of phenols is 1. The average Bonchev–Trinajstić information content (AvgIpc) is 2.61. The molecule has 128 valence electrons. The first-order chi connectivity index (χ1) is 11.6. The molecule has 0 spiro atoms. The average molecular weight is 330 g/mol. The minimum absolute atomic E-state index is 0.0597. The lowest BCUT2D eigenvalue weighted by Crippen LogP contribution is -2.27. The molecule has 0 aliphatic carbocycles. The van der Waals surface area contributed by atoms with Gasteiger partial charge in [0.15, 0.2) is 6.10 Å². The molecule has 5 nitrogen and oxygen atoms in total. The van der Waals surface area contributed by atoms with Gasteiger partial charge in [0.2, 0.25) is 0 Å². The monoisotopic (exact) mass is 330 g/mol. The summed E-state index contributed by atoms with van der Waals surface area (Å²) < 4.78 is 16.2. The number of ether oxygens (including phenoxy) is 3. The molecule has 0 heterocycles. The molecule has 2 aromatic rings. The summed E-state index contributed by atoms with van der Waals surface area (Å²) in [7, 11) is 0. The van der Waals surface area contributed by atoms with Crippen molar-refractivity contribution >= 4 is 5.97 Å². The molecule has 5 heteroatoms. The van der Waals surface area contributed by atoms with E-state index >= 15 is 0 Å². The van der Waals surface area contributed by atoms with Crippen molar-refractivity contribution in [3.63, 3.8) is 0 Å². The number of benzene rings is 2. The molecule has 2 rings (SSSR count). The maximum Gasteiger partial charge on any atom is 0.347 e. The zero-order chi connectivity index (χ0) is 17.4. The standard InChI is InChI=1S/C19H22O5/c1-14(16-6-4-3-5-7-16)22-12-13-23-19(21)15(2)24-18-10-8-17(20)9-11-18/h3-11,14-15,20H,12-13H2,1-2H3. The third kappa shape index (κ3) is 5.59. The molecule has 0 radical (unpaired) electrons. The van der Waals surface area contributed by atoms with Crippen molar-refractivity contribution in [2.45, 2.75) is 26.1 Å². The van der Waals surface area contributed by atoms with E-state index in [9.17, 15) is 9.90 Å². The van der Waals surface area contributed by atoms with Crippen molar-refractivity contribution in [1.82, 2.24) is 0 Å². The number of rotatable bonds is 8. The molecular weight excluding hydrogens is 308 g/mol. The van der Waals surface area contributed by atoms with Gasteiger partial charge in [-0.3, -0.25) is 0 Å². The van der Waals surface area contributed by atoms with Crippen LogP contribution in [0.5, 0.6) is 11.5 Å². The van der Waals surface area contributed by atoms with Crippen LogP contribution in [0.2, 0.25) is 0 Å². The molecule has 2 unspecified atom stereocenters. The summed E-state index contributed by atoms with van der Waals surface area (Å²) in [6, 6.07) is 16.0. The van der Waals surface area contributed by atoms with Gasteiger partial charge in [-0.05, 0) is 43.7 Å². The third-order valence-electron chi connectivity index (χ3n) is 3.45. The Morgan fingerprint density at radius 2 is 1.67 bits per heavy atom. The van der Waals surface area contributed by atoms with Gasteiger partial charge in [0, 0.05) is 0 Å². The van der Waals surface area contributed by atoms with Gasteiger partial charge in [-0.1, -0.05) is 30.3 Å². The van der Waals surface area contributed by atoms with Crippen molar-refractivity contribution in [1.29, 1.82) is 0 Å². The lowest BCUT2D eigenvalue weighted by Gasteiger charge is -2.16. The predicted octanol–water partition coefficient (Wildman–Crippen LogP) is 3.48. The number of hydrogen-bond donors (Lipinski definition) is 1. The van der Waals surface area contributed by atoms with Gasteiger partial charge < -0.3 is 19.3 Å². The van der Waals surface area contributed by atoms with E-state index in [2.05, 4.69) is 0 Å². The zero-order valence-corrected chi connectivity index (χ0v) is 13.8. The molecule has 2 atom stereocenters. The van der Waals surface area contributed by atoms with E-state index in [-0.39, 0.29) is 18.5 Å². The Balaban J connectivity index is 1.68. The number of carbonyl (C=O) groups is 1. The second-order valence-corrected chi connectivity index (χ2v) is 5.35. The van der Waals surface area contributed by atoms with E-state index in [0.717, 1.165) is 5.56 Å². The number of esters is 1. The summed E-state index contributed by atoms with van der Waals surface area (Å²) in [5, 5.41) is 9.21. The van der Waals surface area contributed by atoms with E-state index in [1.807, 2.05) is 37.3 Å². The Hall–Kier alpha value is -2.53. The fraction of sp³-hybridized carbons (Fsp3) is 0.316.